The number of thioether (sulfide) groups is 1. The number of nitrogens with zero attached hydrogens (tertiary/aromatic N) is 2. The average molecular weight is 564 g/mol. The highest BCUT2D eigenvalue weighted by molar-refractivity contribution is 8.00. The quantitative estimate of drug-likeness (QED) is 0.179. The second-order valence-electron chi connectivity index (χ2n) is 7.88. The van der Waals surface area contributed by atoms with Gasteiger partial charge in [-0.15, -0.1) is 22.0 Å². The molecule has 0 atom stereocenters. The summed E-state index contributed by atoms with van der Waals surface area (Å²) < 4.78 is 0. The maximum absolute atomic E-state index is 13.2. The van der Waals surface area contributed by atoms with Crippen LogP contribution in [0.4, 0.5) is 10.8 Å². The van der Waals surface area contributed by atoms with Crippen LogP contribution >= 0.6 is 34.7 Å². The zero-order valence-corrected chi connectivity index (χ0v) is 22.5. The normalized spacial score (nSPS) is 11.1. The summed E-state index contributed by atoms with van der Waals surface area (Å²) in [5.41, 5.74) is 1.62. The van der Waals surface area contributed by atoms with Crippen molar-refractivity contribution < 1.29 is 14.4 Å². The van der Waals surface area contributed by atoms with Crippen LogP contribution in [-0.4, -0.2) is 33.7 Å². The van der Waals surface area contributed by atoms with Crippen molar-refractivity contribution in [3.05, 3.63) is 106 Å². The van der Waals surface area contributed by atoms with Crippen molar-refractivity contribution in [3.63, 3.8) is 0 Å². The molecule has 0 unspecified atom stereocenters. The number of halogens is 1. The summed E-state index contributed by atoms with van der Waals surface area (Å²) in [4.78, 5) is 39.1. The molecule has 3 N–H and O–H groups in total. The zero-order valence-electron chi connectivity index (χ0n) is 20.1. The third-order valence-electron chi connectivity index (χ3n) is 4.92. The number of carbonyl (C=O) groups is 3. The van der Waals surface area contributed by atoms with E-state index in [9.17, 15) is 14.4 Å². The summed E-state index contributed by atoms with van der Waals surface area (Å²) in [5, 5.41) is 17.7. The smallest absolute Gasteiger partial charge is 0.272 e. The van der Waals surface area contributed by atoms with Gasteiger partial charge in [0.2, 0.25) is 11.0 Å². The third kappa shape index (κ3) is 8.01. The molecule has 1 aromatic heterocycles. The van der Waals surface area contributed by atoms with Gasteiger partial charge < -0.3 is 10.6 Å². The lowest BCUT2D eigenvalue weighted by Crippen LogP contribution is -2.30. The molecule has 0 saturated carbocycles. The Balaban J connectivity index is 1.45. The van der Waals surface area contributed by atoms with Crippen LogP contribution in [0.3, 0.4) is 0 Å². The number of hydrogen-bond acceptors (Lipinski definition) is 7. The van der Waals surface area contributed by atoms with Crippen molar-refractivity contribution >= 4 is 69.3 Å². The molecule has 0 aliphatic carbocycles. The van der Waals surface area contributed by atoms with E-state index in [0.29, 0.717) is 27.0 Å². The van der Waals surface area contributed by atoms with Crippen LogP contribution < -0.4 is 16.0 Å². The van der Waals surface area contributed by atoms with E-state index in [1.807, 2.05) is 13.0 Å². The number of rotatable bonds is 9. The average Bonchev–Trinajstić information content (AvgIpc) is 3.32. The van der Waals surface area contributed by atoms with Crippen LogP contribution in [0.25, 0.3) is 6.08 Å². The Labute approximate surface area is 232 Å². The Hall–Kier alpha value is -3.99. The molecule has 0 aliphatic heterocycles. The van der Waals surface area contributed by atoms with E-state index in [1.165, 1.54) is 23.1 Å². The molecule has 3 aromatic carbocycles. The molecule has 38 heavy (non-hydrogen) atoms. The maximum atomic E-state index is 13.2. The van der Waals surface area contributed by atoms with Gasteiger partial charge in [0.15, 0.2) is 0 Å². The first kappa shape index (κ1) is 27.1. The summed E-state index contributed by atoms with van der Waals surface area (Å²) in [6.07, 6.45) is 1.56. The molecule has 0 radical (unpaired) electrons. The molecule has 0 bridgehead atoms. The predicted molar refractivity (Wildman–Crippen MR) is 152 cm³/mol. The molecule has 4 rings (SSSR count). The van der Waals surface area contributed by atoms with E-state index in [4.69, 9.17) is 11.6 Å². The minimum Gasteiger partial charge on any atom is -0.321 e. The van der Waals surface area contributed by atoms with Crippen LogP contribution in [0, 0.1) is 6.92 Å². The number of amides is 3. The second kappa shape index (κ2) is 13.0. The van der Waals surface area contributed by atoms with Crippen LogP contribution in [0.2, 0.25) is 5.02 Å². The van der Waals surface area contributed by atoms with Crippen LogP contribution in [-0.2, 0) is 9.59 Å². The molecule has 0 spiro atoms. The number of aromatic nitrogens is 2. The summed E-state index contributed by atoms with van der Waals surface area (Å²) in [5.74, 6) is -0.991. The number of benzene rings is 3. The van der Waals surface area contributed by atoms with E-state index >= 15 is 0 Å². The van der Waals surface area contributed by atoms with Crippen LogP contribution in [0.15, 0.2) is 89.5 Å². The second-order valence-corrected chi connectivity index (χ2v) is 10.5. The fraction of sp³-hybridized carbons (Fsp3) is 0.0741. The minimum absolute atomic E-state index is 0.0471. The highest BCUT2D eigenvalue weighted by Gasteiger charge is 2.16. The Morgan fingerprint density at radius 2 is 1.74 bits per heavy atom. The Morgan fingerprint density at radius 1 is 0.947 bits per heavy atom. The molecule has 8 nitrogen and oxygen atoms in total. The van der Waals surface area contributed by atoms with Crippen LogP contribution in [0.1, 0.15) is 20.9 Å². The van der Waals surface area contributed by atoms with Crippen molar-refractivity contribution in [2.24, 2.45) is 0 Å². The fourth-order valence-corrected chi connectivity index (χ4v) is 4.78. The predicted octanol–water partition coefficient (Wildman–Crippen LogP) is 5.64. The lowest BCUT2D eigenvalue weighted by Gasteiger charge is -2.12. The van der Waals surface area contributed by atoms with Gasteiger partial charge in [0.05, 0.1) is 5.75 Å². The van der Waals surface area contributed by atoms with Gasteiger partial charge in [-0.05, 0) is 61.0 Å². The number of hydrogen-bond donors (Lipinski definition) is 3. The molecule has 192 valence electrons. The van der Waals surface area contributed by atoms with E-state index < -0.39 is 11.8 Å². The summed E-state index contributed by atoms with van der Waals surface area (Å²) in [6, 6.07) is 22.6. The summed E-state index contributed by atoms with van der Waals surface area (Å²) in [7, 11) is 0. The van der Waals surface area contributed by atoms with E-state index in [2.05, 4.69) is 26.1 Å². The Morgan fingerprint density at radius 3 is 2.47 bits per heavy atom. The van der Waals surface area contributed by atoms with E-state index in [1.54, 1.807) is 78.9 Å². The first-order chi connectivity index (χ1) is 18.4. The highest BCUT2D eigenvalue weighted by atomic mass is 35.5. The van der Waals surface area contributed by atoms with Gasteiger partial charge in [-0.2, -0.15) is 0 Å². The topological polar surface area (TPSA) is 113 Å². The summed E-state index contributed by atoms with van der Waals surface area (Å²) >= 11 is 8.71. The van der Waals surface area contributed by atoms with Crippen molar-refractivity contribution in [1.29, 1.82) is 0 Å². The molecular formula is C27H22ClN5O3S2. The van der Waals surface area contributed by atoms with E-state index in [0.717, 1.165) is 9.90 Å². The monoisotopic (exact) mass is 563 g/mol. The molecular weight excluding hydrogens is 542 g/mol. The van der Waals surface area contributed by atoms with Gasteiger partial charge in [0.1, 0.15) is 10.7 Å². The molecule has 4 aromatic rings. The largest absolute Gasteiger partial charge is 0.321 e. The standard InChI is InChI=1S/C27H22ClN5O3S2/c1-17-32-33-27(38-17)31-24(34)16-37-22-12-6-11-21(15-22)29-26(36)23(14-18-7-5-10-20(28)13-18)30-25(35)19-8-3-2-4-9-19/h2-15H,16H2,1H3,(H,29,36)(H,30,35)(H,31,33,34)/b23-14-. The van der Waals surface area contributed by atoms with Gasteiger partial charge in [-0.3, -0.25) is 19.7 Å². The Kier molecular flexibility index (Phi) is 9.26. The third-order valence-corrected chi connectivity index (χ3v) is 6.91. The zero-order chi connectivity index (χ0) is 26.9. The molecule has 0 saturated heterocycles. The SMILES string of the molecule is Cc1nnc(NC(=O)CSc2cccc(NC(=O)/C(=C/c3cccc(Cl)c3)NC(=O)c3ccccc3)c2)s1. The van der Waals surface area contributed by atoms with Gasteiger partial charge in [0, 0.05) is 21.2 Å². The van der Waals surface area contributed by atoms with Crippen molar-refractivity contribution in [2.75, 3.05) is 16.4 Å². The minimum atomic E-state index is -0.513. The lowest BCUT2D eigenvalue weighted by atomic mass is 10.1. The maximum Gasteiger partial charge on any atom is 0.272 e. The summed E-state index contributed by atoms with van der Waals surface area (Å²) in [6.45, 7) is 1.81. The van der Waals surface area contributed by atoms with Crippen molar-refractivity contribution in [1.82, 2.24) is 15.5 Å². The van der Waals surface area contributed by atoms with Gasteiger partial charge in [-0.25, -0.2) is 0 Å². The van der Waals surface area contributed by atoms with Gasteiger partial charge >= 0.3 is 0 Å². The van der Waals surface area contributed by atoms with Crippen molar-refractivity contribution in [2.45, 2.75) is 11.8 Å². The van der Waals surface area contributed by atoms with Crippen LogP contribution in [0.5, 0.6) is 0 Å². The highest BCUT2D eigenvalue weighted by Crippen LogP contribution is 2.23. The van der Waals surface area contributed by atoms with E-state index in [-0.39, 0.29) is 17.4 Å². The molecule has 0 fully saturated rings. The van der Waals surface area contributed by atoms with Gasteiger partial charge in [-0.1, -0.05) is 59.3 Å². The van der Waals surface area contributed by atoms with Gasteiger partial charge in [0.25, 0.3) is 11.8 Å². The number of aryl methyl sites for hydroxylation is 1. The first-order valence-electron chi connectivity index (χ1n) is 11.3. The Bertz CT molecular complexity index is 1490. The number of anilines is 2. The molecule has 0 aliphatic rings. The fourth-order valence-electron chi connectivity index (χ4n) is 3.22. The number of nitrogens with one attached hydrogen (secondary N) is 3. The van der Waals surface area contributed by atoms with Crippen molar-refractivity contribution in [3.8, 4) is 0 Å². The lowest BCUT2D eigenvalue weighted by molar-refractivity contribution is -0.114. The first-order valence-corrected chi connectivity index (χ1v) is 13.5. The molecule has 3 amide bonds. The number of carbonyl (C=O) groups excluding carboxylic acids is 3. The molecule has 1 heterocycles. The molecule has 11 heteroatoms.